The van der Waals surface area contributed by atoms with Crippen LogP contribution in [0.2, 0.25) is 0 Å². The number of carbonyl (C=O) groups is 1. The molecule has 0 unspecified atom stereocenters. The molecule has 0 aliphatic carbocycles. The van der Waals surface area contributed by atoms with Gasteiger partial charge in [-0.2, -0.15) is 15.7 Å². The molecule has 1 aliphatic heterocycles. The van der Waals surface area contributed by atoms with Crippen molar-refractivity contribution < 1.29 is 18.3 Å². The van der Waals surface area contributed by atoms with Gasteiger partial charge in [0, 0.05) is 31.4 Å². The number of halogens is 1. The summed E-state index contributed by atoms with van der Waals surface area (Å²) < 4.78 is 36.8. The highest BCUT2D eigenvalue weighted by Gasteiger charge is 2.24. The van der Waals surface area contributed by atoms with Crippen LogP contribution in [0.4, 0.5) is 26.5 Å². The van der Waals surface area contributed by atoms with Crippen molar-refractivity contribution in [3.8, 4) is 11.1 Å². The number of benzene rings is 1. The van der Waals surface area contributed by atoms with Gasteiger partial charge in [-0.1, -0.05) is 26.8 Å². The number of anilines is 3. The lowest BCUT2D eigenvalue weighted by atomic mass is 9.88. The number of amides is 2. The van der Waals surface area contributed by atoms with Crippen molar-refractivity contribution in [3.05, 3.63) is 66.0 Å². The van der Waals surface area contributed by atoms with Crippen molar-refractivity contribution >= 4 is 39.5 Å². The van der Waals surface area contributed by atoms with E-state index in [-0.39, 0.29) is 16.9 Å². The van der Waals surface area contributed by atoms with Crippen molar-refractivity contribution in [2.75, 3.05) is 41.0 Å². The molecule has 1 saturated heterocycles. The first-order valence-electron chi connectivity index (χ1n) is 12.8. The second-order valence-corrected chi connectivity index (χ2v) is 13.3. The van der Waals surface area contributed by atoms with E-state index in [2.05, 4.69) is 51.4 Å². The molecule has 11 nitrogen and oxygen atoms in total. The number of urea groups is 1. The molecule has 3 aromatic heterocycles. The van der Waals surface area contributed by atoms with Crippen LogP contribution in [-0.2, 0) is 12.0 Å². The number of fused-ring (bicyclic) bond motifs is 1. The lowest BCUT2D eigenvalue weighted by Gasteiger charge is -2.40. The minimum Gasteiger partial charge on any atom is -0.382 e. The maximum Gasteiger partial charge on any atom is 0.324 e. The van der Waals surface area contributed by atoms with Crippen LogP contribution in [0.3, 0.4) is 0 Å². The number of nitrogens with one attached hydrogen (secondary N) is 2. The van der Waals surface area contributed by atoms with Gasteiger partial charge in [0.15, 0.2) is 5.82 Å². The Morgan fingerprint density at radius 2 is 1.85 bits per heavy atom. The third-order valence-corrected chi connectivity index (χ3v) is 8.58. The zero-order valence-electron chi connectivity index (χ0n) is 22.6. The molecule has 6 N–H and O–H groups in total. The number of nitrogens with zero attached hydrogens (tertiary/aromatic N) is 5. The topological polar surface area (TPSA) is 154 Å². The maximum absolute atomic E-state index is 15.2. The average Bonchev–Trinajstić information content (AvgIpc) is 3.26. The molecule has 0 spiro atoms. The summed E-state index contributed by atoms with van der Waals surface area (Å²) >= 11 is 0. The van der Waals surface area contributed by atoms with Gasteiger partial charge in [-0.15, -0.1) is 0 Å². The summed E-state index contributed by atoms with van der Waals surface area (Å²) in [6, 6.07) is 9.46. The molecule has 40 heavy (non-hydrogen) atoms. The largest absolute Gasteiger partial charge is 0.382 e. The Kier molecular flexibility index (Phi) is 7.40. The Morgan fingerprint density at radius 3 is 2.55 bits per heavy atom. The Balaban J connectivity index is 1.36. The van der Waals surface area contributed by atoms with Gasteiger partial charge in [-0.05, 0) is 46.9 Å². The molecule has 1 aromatic carbocycles. The summed E-state index contributed by atoms with van der Waals surface area (Å²) in [6.07, 6.45) is 2.98. The summed E-state index contributed by atoms with van der Waals surface area (Å²) in [4.78, 5) is 23.0. The number of aromatic nitrogens is 4. The molecule has 13 heteroatoms. The standard InChI is InChI=1S/C27H33FN8O3S/c1-27(2,3)18-6-7-30-23(13-18)34-26(37)33-22-5-4-17(12-21(22)28)20-14-19(36-24(20)25(29)31-16-32-36)15-35-8-10-40(38,39)11-9-35/h4-7,12-14,16,38-39H,8-11,15H2,1-3H3,(H2,29,31,32)(H2,30,33,34,37). The Morgan fingerprint density at radius 1 is 1.10 bits per heavy atom. The van der Waals surface area contributed by atoms with Gasteiger partial charge in [0.05, 0.1) is 22.9 Å². The van der Waals surface area contributed by atoms with Gasteiger partial charge in [-0.25, -0.2) is 23.7 Å². The van der Waals surface area contributed by atoms with E-state index in [0.29, 0.717) is 53.6 Å². The van der Waals surface area contributed by atoms with Gasteiger partial charge in [0.1, 0.15) is 23.5 Å². The highest BCUT2D eigenvalue weighted by atomic mass is 32.3. The van der Waals surface area contributed by atoms with Crippen LogP contribution in [0, 0.1) is 5.82 Å². The van der Waals surface area contributed by atoms with E-state index in [0.717, 1.165) is 11.3 Å². The van der Waals surface area contributed by atoms with E-state index in [1.165, 1.54) is 18.5 Å². The van der Waals surface area contributed by atoms with Gasteiger partial charge in [0.25, 0.3) is 0 Å². The Bertz CT molecular complexity index is 1560. The van der Waals surface area contributed by atoms with Crippen molar-refractivity contribution in [1.82, 2.24) is 24.5 Å². The zero-order valence-corrected chi connectivity index (χ0v) is 23.4. The van der Waals surface area contributed by atoms with Crippen LogP contribution >= 0.6 is 10.6 Å². The van der Waals surface area contributed by atoms with E-state index in [4.69, 9.17) is 5.73 Å². The molecule has 4 aromatic rings. The number of hydrogen-bond donors (Lipinski definition) is 5. The number of hydrogen-bond acceptors (Lipinski definition) is 8. The SMILES string of the molecule is CC(C)(C)c1ccnc(NC(=O)Nc2ccc(-c3cc(CN4CCS(O)(O)CC4)n4ncnc(N)c34)cc2F)c1. The molecular formula is C27H33FN8O3S. The van der Waals surface area contributed by atoms with Crippen LogP contribution in [0.5, 0.6) is 0 Å². The molecule has 2 amide bonds. The van der Waals surface area contributed by atoms with Gasteiger partial charge >= 0.3 is 6.03 Å². The molecule has 5 rings (SSSR count). The summed E-state index contributed by atoms with van der Waals surface area (Å²) in [5, 5.41) is 9.56. The first kappa shape index (κ1) is 27.8. The first-order valence-corrected chi connectivity index (χ1v) is 14.7. The number of nitrogen functional groups attached to an aromatic ring is 1. The summed E-state index contributed by atoms with van der Waals surface area (Å²) in [5.74, 6) is 0.638. The highest BCUT2D eigenvalue weighted by molar-refractivity contribution is 8.24. The average molecular weight is 569 g/mol. The number of carbonyl (C=O) groups excluding carboxylic acids is 1. The minimum absolute atomic E-state index is 0.00786. The normalized spacial score (nSPS) is 16.6. The van der Waals surface area contributed by atoms with E-state index in [1.807, 2.05) is 12.1 Å². The van der Waals surface area contributed by atoms with E-state index >= 15 is 4.39 Å². The predicted octanol–water partition coefficient (Wildman–Crippen LogP) is 5.02. The maximum atomic E-state index is 15.2. The molecule has 1 aliphatic rings. The minimum atomic E-state index is -2.51. The third kappa shape index (κ3) is 6.02. The number of rotatable bonds is 5. The molecule has 0 saturated carbocycles. The van der Waals surface area contributed by atoms with Crippen LogP contribution < -0.4 is 16.4 Å². The molecule has 1 fully saturated rings. The van der Waals surface area contributed by atoms with Crippen molar-refractivity contribution in [3.63, 3.8) is 0 Å². The second-order valence-electron chi connectivity index (χ2n) is 10.9. The summed E-state index contributed by atoms with van der Waals surface area (Å²) in [7, 11) is -2.51. The van der Waals surface area contributed by atoms with Crippen LogP contribution in [0.15, 0.2) is 48.9 Å². The fourth-order valence-corrected chi connectivity index (χ4v) is 5.94. The van der Waals surface area contributed by atoms with Gasteiger partial charge in [-0.3, -0.25) is 19.3 Å². The summed E-state index contributed by atoms with van der Waals surface area (Å²) in [6.45, 7) is 7.76. The molecule has 0 atom stereocenters. The van der Waals surface area contributed by atoms with Crippen LogP contribution in [-0.4, -0.2) is 64.2 Å². The molecule has 212 valence electrons. The molecular weight excluding hydrogens is 535 g/mol. The smallest absolute Gasteiger partial charge is 0.324 e. The Hall–Kier alpha value is -3.78. The second kappa shape index (κ2) is 10.7. The van der Waals surface area contributed by atoms with Gasteiger partial charge in [0.2, 0.25) is 0 Å². The van der Waals surface area contributed by atoms with Crippen molar-refractivity contribution in [2.24, 2.45) is 0 Å². The van der Waals surface area contributed by atoms with E-state index < -0.39 is 22.4 Å². The van der Waals surface area contributed by atoms with Crippen LogP contribution in [0.1, 0.15) is 32.0 Å². The fraction of sp³-hybridized carbons (Fsp3) is 0.333. The lowest BCUT2D eigenvalue weighted by molar-refractivity contribution is 0.262. The van der Waals surface area contributed by atoms with Crippen LogP contribution in [0.25, 0.3) is 16.6 Å². The van der Waals surface area contributed by atoms with Crippen molar-refractivity contribution in [2.45, 2.75) is 32.7 Å². The van der Waals surface area contributed by atoms with E-state index in [9.17, 15) is 13.9 Å². The highest BCUT2D eigenvalue weighted by Crippen LogP contribution is 2.41. The first-order chi connectivity index (χ1) is 18.9. The molecule has 0 radical (unpaired) electrons. The lowest BCUT2D eigenvalue weighted by Crippen LogP contribution is -2.38. The fourth-order valence-electron chi connectivity index (χ4n) is 4.64. The Labute approximate surface area is 233 Å². The van der Waals surface area contributed by atoms with Crippen molar-refractivity contribution in [1.29, 1.82) is 0 Å². The zero-order chi connectivity index (χ0) is 28.7. The quantitative estimate of drug-likeness (QED) is 0.225. The monoisotopic (exact) mass is 568 g/mol. The van der Waals surface area contributed by atoms with E-state index in [1.54, 1.807) is 22.8 Å². The molecule has 4 heterocycles. The number of nitrogens with two attached hydrogens (primary N) is 1. The molecule has 0 bridgehead atoms. The predicted molar refractivity (Wildman–Crippen MR) is 156 cm³/mol. The number of pyridine rings is 1. The third-order valence-electron chi connectivity index (χ3n) is 6.91. The summed E-state index contributed by atoms with van der Waals surface area (Å²) in [5.41, 5.74) is 9.65. The van der Waals surface area contributed by atoms with Gasteiger partial charge < -0.3 is 11.1 Å².